The predicted octanol–water partition coefficient (Wildman–Crippen LogP) is 1.05. The molecule has 0 aromatic heterocycles. The molecule has 82 valence electrons. The van der Waals surface area contributed by atoms with E-state index in [2.05, 4.69) is 13.8 Å². The molecule has 2 aliphatic carbocycles. The van der Waals surface area contributed by atoms with Crippen LogP contribution in [-0.4, -0.2) is 25.7 Å². The zero-order valence-corrected chi connectivity index (χ0v) is 9.47. The third kappa shape index (κ3) is 1.14. The smallest absolute Gasteiger partial charge is 0.0612 e. The van der Waals surface area contributed by atoms with Crippen molar-refractivity contribution < 1.29 is 13.9 Å². The molecular weight excluding hydrogens is 200 g/mol. The Hall–Kier alpha value is 0.0700. The number of aliphatic hydroxyl groups is 1. The van der Waals surface area contributed by atoms with Crippen molar-refractivity contribution >= 4 is 11.1 Å². The molecule has 0 radical (unpaired) electrons. The first-order valence-corrected chi connectivity index (χ1v) is 6.38. The summed E-state index contributed by atoms with van der Waals surface area (Å²) in [4.78, 5) is 0. The Morgan fingerprint density at radius 3 is 2.57 bits per heavy atom. The van der Waals surface area contributed by atoms with Gasteiger partial charge in [-0.2, -0.15) is 0 Å². The third-order valence-corrected chi connectivity index (χ3v) is 5.51. The lowest BCUT2D eigenvalue weighted by Gasteiger charge is -2.41. The molecule has 2 saturated carbocycles. The van der Waals surface area contributed by atoms with E-state index in [0.29, 0.717) is 5.92 Å². The Balaban J connectivity index is 2.34. The average molecular weight is 217 g/mol. The van der Waals surface area contributed by atoms with Crippen molar-refractivity contribution in [1.82, 2.24) is 0 Å². The average Bonchev–Trinajstić information content (AvgIpc) is 2.36. The first-order valence-electron chi connectivity index (χ1n) is 5.14. The molecule has 1 N–H and O–H groups in total. The van der Waals surface area contributed by atoms with Crippen molar-refractivity contribution in [3.63, 3.8) is 0 Å². The molecule has 2 rings (SSSR count). The van der Waals surface area contributed by atoms with Crippen LogP contribution in [0, 0.1) is 16.7 Å². The molecule has 4 atom stereocenters. The fourth-order valence-electron chi connectivity index (χ4n) is 3.59. The fourth-order valence-corrected chi connectivity index (χ4v) is 4.72. The van der Waals surface area contributed by atoms with Crippen LogP contribution < -0.4 is 0 Å². The van der Waals surface area contributed by atoms with Crippen LogP contribution in [0.2, 0.25) is 0 Å². The van der Waals surface area contributed by atoms with E-state index in [1.54, 1.807) is 0 Å². The van der Waals surface area contributed by atoms with E-state index < -0.39 is 17.2 Å². The molecule has 0 aliphatic heterocycles. The summed E-state index contributed by atoms with van der Waals surface area (Å²) in [7, 11) is 0. The molecule has 4 unspecified atom stereocenters. The van der Waals surface area contributed by atoms with Gasteiger partial charge in [-0.3, -0.25) is 4.21 Å². The first kappa shape index (κ1) is 10.6. The van der Waals surface area contributed by atoms with Gasteiger partial charge < -0.3 is 9.66 Å². The van der Waals surface area contributed by atoms with E-state index in [-0.39, 0.29) is 16.6 Å². The number of hydrogen-bond donors (Lipinski definition) is 1. The Morgan fingerprint density at radius 1 is 1.57 bits per heavy atom. The molecule has 2 bridgehead atoms. The zero-order chi connectivity index (χ0) is 10.6. The molecule has 2 fully saturated rings. The van der Waals surface area contributed by atoms with Crippen LogP contribution in [0.1, 0.15) is 33.1 Å². The third-order valence-electron chi connectivity index (χ3n) is 4.76. The standard InChI is InChI=1S/C10H18O3S/c1-9(2)7-3-4-10(9,6-14(12)13)8(11)5-7/h7-8,11H,3-6H2,1-2H3,(H,12,13)/p-1. The van der Waals surface area contributed by atoms with Crippen LogP contribution in [-0.2, 0) is 11.1 Å². The highest BCUT2D eigenvalue weighted by molar-refractivity contribution is 7.79. The second-order valence-electron chi connectivity index (χ2n) is 5.31. The summed E-state index contributed by atoms with van der Waals surface area (Å²) in [5.74, 6) is 0.624. The van der Waals surface area contributed by atoms with Crippen LogP contribution in [0.4, 0.5) is 0 Å². The van der Waals surface area contributed by atoms with Gasteiger partial charge in [0.25, 0.3) is 0 Å². The maximum atomic E-state index is 10.9. The largest absolute Gasteiger partial charge is 0.772 e. The highest BCUT2D eigenvalue weighted by Crippen LogP contribution is 2.65. The number of rotatable bonds is 2. The van der Waals surface area contributed by atoms with Gasteiger partial charge in [-0.25, -0.2) is 0 Å². The number of aliphatic hydroxyl groups excluding tert-OH is 1. The second kappa shape index (κ2) is 3.03. The summed E-state index contributed by atoms with van der Waals surface area (Å²) < 4.78 is 21.7. The van der Waals surface area contributed by atoms with Crippen molar-refractivity contribution in [2.45, 2.75) is 39.2 Å². The monoisotopic (exact) mass is 217 g/mol. The van der Waals surface area contributed by atoms with Crippen molar-refractivity contribution in [3.8, 4) is 0 Å². The van der Waals surface area contributed by atoms with Crippen LogP contribution in [0.5, 0.6) is 0 Å². The molecule has 0 aromatic rings. The van der Waals surface area contributed by atoms with E-state index in [0.717, 1.165) is 19.3 Å². The van der Waals surface area contributed by atoms with Gasteiger partial charge in [0.2, 0.25) is 0 Å². The minimum atomic E-state index is -2.05. The lowest BCUT2D eigenvalue weighted by atomic mass is 9.70. The van der Waals surface area contributed by atoms with Gasteiger partial charge >= 0.3 is 0 Å². The Kier molecular flexibility index (Phi) is 2.29. The minimum absolute atomic E-state index is 0.0213. The van der Waals surface area contributed by atoms with Crippen LogP contribution >= 0.6 is 0 Å². The SMILES string of the molecule is CC1(C)C2CCC1(CS(=O)[O-])C(O)C2. The summed E-state index contributed by atoms with van der Waals surface area (Å²) >= 11 is -2.05. The summed E-state index contributed by atoms with van der Waals surface area (Å²) in [6.45, 7) is 4.21. The highest BCUT2D eigenvalue weighted by atomic mass is 32.2. The predicted molar refractivity (Wildman–Crippen MR) is 53.3 cm³/mol. The van der Waals surface area contributed by atoms with Gasteiger partial charge in [0.15, 0.2) is 0 Å². The summed E-state index contributed by atoms with van der Waals surface area (Å²) in [6, 6.07) is 0. The molecule has 0 heterocycles. The van der Waals surface area contributed by atoms with Gasteiger partial charge in [-0.15, -0.1) is 0 Å². The van der Waals surface area contributed by atoms with Gasteiger partial charge in [0, 0.05) is 11.2 Å². The van der Waals surface area contributed by atoms with Crippen molar-refractivity contribution in [3.05, 3.63) is 0 Å². The molecular formula is C10H17O3S-. The molecule has 2 aliphatic rings. The first-order chi connectivity index (χ1) is 6.40. The van der Waals surface area contributed by atoms with Crippen molar-refractivity contribution in [2.75, 3.05) is 5.75 Å². The van der Waals surface area contributed by atoms with Gasteiger partial charge in [0.05, 0.1) is 6.10 Å². The fraction of sp³-hybridized carbons (Fsp3) is 1.00. The highest BCUT2D eigenvalue weighted by Gasteiger charge is 2.63. The van der Waals surface area contributed by atoms with E-state index >= 15 is 0 Å². The summed E-state index contributed by atoms with van der Waals surface area (Å²) in [6.07, 6.45) is 2.29. The number of fused-ring (bicyclic) bond motifs is 2. The van der Waals surface area contributed by atoms with E-state index in [9.17, 15) is 13.9 Å². The lowest BCUT2D eigenvalue weighted by molar-refractivity contribution is 0.0151. The molecule has 4 heteroatoms. The van der Waals surface area contributed by atoms with E-state index in [4.69, 9.17) is 0 Å². The van der Waals surface area contributed by atoms with Gasteiger partial charge in [-0.05, 0) is 30.6 Å². The Bertz CT molecular complexity index is 277. The maximum Gasteiger partial charge on any atom is 0.0612 e. The minimum Gasteiger partial charge on any atom is -0.772 e. The van der Waals surface area contributed by atoms with Crippen LogP contribution in [0.15, 0.2) is 0 Å². The maximum absolute atomic E-state index is 10.9. The molecule has 0 spiro atoms. The molecule has 0 saturated heterocycles. The zero-order valence-electron chi connectivity index (χ0n) is 8.66. The quantitative estimate of drug-likeness (QED) is 0.703. The lowest BCUT2D eigenvalue weighted by Crippen LogP contribution is -2.43. The normalized spacial score (nSPS) is 46.9. The Labute approximate surface area is 87.2 Å². The van der Waals surface area contributed by atoms with Crippen molar-refractivity contribution in [2.24, 2.45) is 16.7 Å². The topological polar surface area (TPSA) is 60.4 Å². The Morgan fingerprint density at radius 2 is 2.21 bits per heavy atom. The van der Waals surface area contributed by atoms with Gasteiger partial charge in [-0.1, -0.05) is 24.9 Å². The molecule has 0 aromatic carbocycles. The molecule has 0 amide bonds. The molecule has 3 nitrogen and oxygen atoms in total. The summed E-state index contributed by atoms with van der Waals surface area (Å²) in [5.41, 5.74) is -0.392. The van der Waals surface area contributed by atoms with Crippen molar-refractivity contribution in [1.29, 1.82) is 0 Å². The second-order valence-corrected chi connectivity index (χ2v) is 6.21. The molecule has 14 heavy (non-hydrogen) atoms. The van der Waals surface area contributed by atoms with Crippen LogP contribution in [0.3, 0.4) is 0 Å². The summed E-state index contributed by atoms with van der Waals surface area (Å²) in [5, 5.41) is 9.98. The van der Waals surface area contributed by atoms with E-state index in [1.165, 1.54) is 0 Å². The van der Waals surface area contributed by atoms with E-state index in [1.807, 2.05) is 0 Å². The number of hydrogen-bond acceptors (Lipinski definition) is 3. The van der Waals surface area contributed by atoms with Crippen LogP contribution in [0.25, 0.3) is 0 Å². The van der Waals surface area contributed by atoms with Gasteiger partial charge in [0.1, 0.15) is 0 Å².